The molecule has 0 aliphatic rings. The van der Waals surface area contributed by atoms with Crippen molar-refractivity contribution in [3.8, 4) is 10.6 Å². The maximum absolute atomic E-state index is 11.0. The Bertz CT molecular complexity index is 513. The van der Waals surface area contributed by atoms with Crippen molar-refractivity contribution in [1.29, 1.82) is 0 Å². The van der Waals surface area contributed by atoms with E-state index in [-0.39, 0.29) is 4.87 Å². The first-order valence-corrected chi connectivity index (χ1v) is 5.12. The highest BCUT2D eigenvalue weighted by Crippen LogP contribution is 2.24. The number of nitrogens with one attached hydrogen (secondary N) is 1. The van der Waals surface area contributed by atoms with E-state index in [0.717, 1.165) is 21.9 Å². The molecule has 0 atom stereocenters. The second-order valence-electron chi connectivity index (χ2n) is 3.17. The minimum atomic E-state index is -0.110. The molecule has 72 valence electrons. The summed E-state index contributed by atoms with van der Waals surface area (Å²) in [4.78, 5) is 10.9. The molecule has 0 radical (unpaired) electrons. The fourth-order valence-corrected chi connectivity index (χ4v) is 2.02. The van der Waals surface area contributed by atoms with Gasteiger partial charge in [0.05, 0.1) is 0 Å². The molecule has 0 fully saturated rings. The van der Waals surface area contributed by atoms with Gasteiger partial charge in [0.15, 0.2) is 0 Å². The third-order valence-corrected chi connectivity index (χ3v) is 3.05. The van der Waals surface area contributed by atoms with E-state index >= 15 is 0 Å². The number of nitrogens with zero attached hydrogens (tertiary/aromatic N) is 1. The quantitative estimate of drug-likeness (QED) is 0.776. The summed E-state index contributed by atoms with van der Waals surface area (Å²) in [5.74, 6) is 0. The molecule has 1 aromatic heterocycles. The molecule has 0 amide bonds. The minimum absolute atomic E-state index is 0.110. The number of hydrogen-bond acceptors (Lipinski definition) is 3. The van der Waals surface area contributed by atoms with Gasteiger partial charge in [0.25, 0.3) is 0 Å². The number of aromatic nitrogens is 2. The Kier molecular flexibility index (Phi) is 2.21. The van der Waals surface area contributed by atoms with Crippen LogP contribution in [0.15, 0.2) is 23.0 Å². The lowest BCUT2D eigenvalue weighted by Crippen LogP contribution is -1.90. The normalized spacial score (nSPS) is 10.4. The molecule has 1 heterocycles. The zero-order valence-corrected chi connectivity index (χ0v) is 8.81. The second-order valence-corrected chi connectivity index (χ2v) is 4.13. The highest BCUT2D eigenvalue weighted by Gasteiger charge is 2.07. The molecule has 2 rings (SSSR count). The van der Waals surface area contributed by atoms with E-state index < -0.39 is 0 Å². The Morgan fingerprint density at radius 2 is 2.14 bits per heavy atom. The van der Waals surface area contributed by atoms with Gasteiger partial charge in [-0.25, -0.2) is 5.10 Å². The standard InChI is InChI=1S/C10H10N2OS/c1-6-4-3-5-8(7(6)2)9-11-12-10(13)14-9/h3-5H,1-2H3,(H,12,13). The largest absolute Gasteiger partial charge is 0.322 e. The molecule has 0 aliphatic heterocycles. The Morgan fingerprint density at radius 3 is 2.79 bits per heavy atom. The molecule has 0 spiro atoms. The monoisotopic (exact) mass is 206 g/mol. The summed E-state index contributed by atoms with van der Waals surface area (Å²) in [7, 11) is 0. The molecular weight excluding hydrogens is 196 g/mol. The van der Waals surface area contributed by atoms with Gasteiger partial charge in [0.2, 0.25) is 0 Å². The number of aryl methyl sites for hydroxylation is 1. The predicted octanol–water partition coefficient (Wildman–Crippen LogP) is 2.12. The summed E-state index contributed by atoms with van der Waals surface area (Å²) in [6.45, 7) is 4.09. The van der Waals surface area contributed by atoms with Crippen LogP contribution in [0.3, 0.4) is 0 Å². The van der Waals surface area contributed by atoms with Crippen molar-refractivity contribution in [2.24, 2.45) is 0 Å². The molecule has 4 heteroatoms. The molecule has 0 aliphatic carbocycles. The zero-order chi connectivity index (χ0) is 10.1. The smallest absolute Gasteiger partial charge is 0.255 e. The molecule has 3 nitrogen and oxygen atoms in total. The number of benzene rings is 1. The van der Waals surface area contributed by atoms with E-state index in [9.17, 15) is 4.79 Å². The van der Waals surface area contributed by atoms with Gasteiger partial charge in [-0.2, -0.15) is 5.10 Å². The molecule has 0 saturated heterocycles. The molecule has 14 heavy (non-hydrogen) atoms. The van der Waals surface area contributed by atoms with Crippen LogP contribution in [0.5, 0.6) is 0 Å². The number of rotatable bonds is 1. The maximum Gasteiger partial charge on any atom is 0.322 e. The highest BCUT2D eigenvalue weighted by molar-refractivity contribution is 7.12. The zero-order valence-electron chi connectivity index (χ0n) is 8.00. The summed E-state index contributed by atoms with van der Waals surface area (Å²) in [5, 5.41) is 7.16. The molecule has 1 N–H and O–H groups in total. The van der Waals surface area contributed by atoms with Crippen LogP contribution in [0.2, 0.25) is 0 Å². The molecule has 1 aromatic carbocycles. The highest BCUT2D eigenvalue weighted by atomic mass is 32.1. The predicted molar refractivity (Wildman–Crippen MR) is 57.6 cm³/mol. The lowest BCUT2D eigenvalue weighted by atomic mass is 10.0. The van der Waals surface area contributed by atoms with Crippen LogP contribution >= 0.6 is 11.3 Å². The number of aromatic amines is 1. The van der Waals surface area contributed by atoms with E-state index in [1.165, 1.54) is 11.1 Å². The van der Waals surface area contributed by atoms with Gasteiger partial charge in [-0.3, -0.25) is 4.79 Å². The van der Waals surface area contributed by atoms with Crippen LogP contribution in [0, 0.1) is 13.8 Å². The number of hydrogen-bond donors (Lipinski definition) is 1. The van der Waals surface area contributed by atoms with Gasteiger partial charge in [-0.15, -0.1) is 0 Å². The van der Waals surface area contributed by atoms with E-state index in [2.05, 4.69) is 10.2 Å². The third kappa shape index (κ3) is 1.48. The minimum Gasteiger partial charge on any atom is -0.255 e. The van der Waals surface area contributed by atoms with Crippen LogP contribution in [0.25, 0.3) is 10.6 Å². The average Bonchev–Trinajstić information content (AvgIpc) is 2.57. The van der Waals surface area contributed by atoms with E-state index in [0.29, 0.717) is 0 Å². The summed E-state index contributed by atoms with van der Waals surface area (Å²) in [5.41, 5.74) is 3.42. The van der Waals surface area contributed by atoms with Crippen molar-refractivity contribution in [3.05, 3.63) is 39.0 Å². The molecule has 2 aromatic rings. The van der Waals surface area contributed by atoms with Gasteiger partial charge in [0.1, 0.15) is 5.01 Å². The van der Waals surface area contributed by atoms with Crippen molar-refractivity contribution < 1.29 is 0 Å². The van der Waals surface area contributed by atoms with Gasteiger partial charge >= 0.3 is 4.87 Å². The number of H-pyrrole nitrogens is 1. The average molecular weight is 206 g/mol. The van der Waals surface area contributed by atoms with Crippen molar-refractivity contribution in [2.45, 2.75) is 13.8 Å². The van der Waals surface area contributed by atoms with Crippen LogP contribution in [0.4, 0.5) is 0 Å². The van der Waals surface area contributed by atoms with Crippen LogP contribution in [-0.2, 0) is 0 Å². The molecule has 0 unspecified atom stereocenters. The third-order valence-electron chi connectivity index (χ3n) is 2.27. The van der Waals surface area contributed by atoms with Crippen molar-refractivity contribution in [1.82, 2.24) is 10.2 Å². The SMILES string of the molecule is Cc1cccc(-c2n[nH]c(=O)s2)c1C. The Balaban J connectivity index is 2.62. The van der Waals surface area contributed by atoms with Crippen molar-refractivity contribution >= 4 is 11.3 Å². The van der Waals surface area contributed by atoms with Gasteiger partial charge in [-0.1, -0.05) is 29.5 Å². The second kappa shape index (κ2) is 3.38. The van der Waals surface area contributed by atoms with E-state index in [1.54, 1.807) is 0 Å². The van der Waals surface area contributed by atoms with Crippen LogP contribution < -0.4 is 4.87 Å². The summed E-state index contributed by atoms with van der Waals surface area (Å²) >= 11 is 1.14. The topological polar surface area (TPSA) is 45.8 Å². The lowest BCUT2D eigenvalue weighted by molar-refractivity contribution is 1.06. The Morgan fingerprint density at radius 1 is 1.36 bits per heavy atom. The summed E-state index contributed by atoms with van der Waals surface area (Å²) in [6, 6.07) is 6.01. The van der Waals surface area contributed by atoms with Gasteiger partial charge < -0.3 is 0 Å². The molecule has 0 bridgehead atoms. The van der Waals surface area contributed by atoms with Gasteiger partial charge in [-0.05, 0) is 25.0 Å². The van der Waals surface area contributed by atoms with E-state index in [1.807, 2.05) is 32.0 Å². The molecule has 0 saturated carbocycles. The maximum atomic E-state index is 11.0. The van der Waals surface area contributed by atoms with Crippen LogP contribution in [0.1, 0.15) is 11.1 Å². The fourth-order valence-electron chi connectivity index (χ4n) is 1.33. The Labute approximate surface area is 85.4 Å². The summed E-state index contributed by atoms with van der Waals surface area (Å²) < 4.78 is 0. The van der Waals surface area contributed by atoms with E-state index in [4.69, 9.17) is 0 Å². The van der Waals surface area contributed by atoms with Crippen molar-refractivity contribution in [2.75, 3.05) is 0 Å². The first-order valence-electron chi connectivity index (χ1n) is 4.30. The molecular formula is C10H10N2OS. The first kappa shape index (κ1) is 9.15. The van der Waals surface area contributed by atoms with Gasteiger partial charge in [0, 0.05) is 5.56 Å². The lowest BCUT2D eigenvalue weighted by Gasteiger charge is -2.03. The van der Waals surface area contributed by atoms with Crippen molar-refractivity contribution in [3.63, 3.8) is 0 Å². The van der Waals surface area contributed by atoms with Crippen LogP contribution in [-0.4, -0.2) is 10.2 Å². The first-order chi connectivity index (χ1) is 6.68. The summed E-state index contributed by atoms with van der Waals surface area (Å²) in [6.07, 6.45) is 0. The Hall–Kier alpha value is -1.42. The fraction of sp³-hybridized carbons (Fsp3) is 0.200.